The minimum absolute atomic E-state index is 0.276. The number of hydrogen-bond donors (Lipinski definition) is 2. The molecule has 102 valence electrons. The van der Waals surface area contributed by atoms with Crippen LogP contribution in [0.5, 0.6) is 5.88 Å². The molecular formula is C15H16N4O. The molecule has 0 radical (unpaired) electrons. The summed E-state index contributed by atoms with van der Waals surface area (Å²) in [4.78, 5) is 4.38. The summed E-state index contributed by atoms with van der Waals surface area (Å²) >= 11 is 0. The second-order valence-corrected chi connectivity index (χ2v) is 4.36. The van der Waals surface area contributed by atoms with Crippen LogP contribution in [-0.2, 0) is 0 Å². The van der Waals surface area contributed by atoms with Gasteiger partial charge in [-0.3, -0.25) is 0 Å². The molecule has 0 saturated carbocycles. The lowest BCUT2D eigenvalue weighted by Crippen LogP contribution is -2.03. The normalized spacial score (nSPS) is 10.0. The summed E-state index contributed by atoms with van der Waals surface area (Å²) in [6.07, 6.45) is 0.832. The van der Waals surface area contributed by atoms with Crippen LogP contribution in [0, 0.1) is 11.3 Å². The molecule has 20 heavy (non-hydrogen) atoms. The highest BCUT2D eigenvalue weighted by molar-refractivity contribution is 5.70. The Hall–Kier alpha value is -2.74. The lowest BCUT2D eigenvalue weighted by atomic mass is 10.1. The van der Waals surface area contributed by atoms with Crippen molar-refractivity contribution in [3.05, 3.63) is 35.9 Å². The van der Waals surface area contributed by atoms with E-state index in [0.29, 0.717) is 23.7 Å². The predicted octanol–water partition coefficient (Wildman–Crippen LogP) is 2.57. The molecule has 1 aromatic heterocycles. The Labute approximate surface area is 117 Å². The van der Waals surface area contributed by atoms with Gasteiger partial charge in [0, 0.05) is 11.3 Å². The van der Waals surface area contributed by atoms with Crippen molar-refractivity contribution in [2.24, 2.45) is 0 Å². The number of ether oxygens (including phenoxy) is 1. The van der Waals surface area contributed by atoms with Crippen molar-refractivity contribution in [2.45, 2.75) is 13.3 Å². The van der Waals surface area contributed by atoms with Gasteiger partial charge in [-0.05, 0) is 24.6 Å². The van der Waals surface area contributed by atoms with E-state index in [9.17, 15) is 0 Å². The summed E-state index contributed by atoms with van der Waals surface area (Å²) in [6, 6.07) is 11.0. The minimum Gasteiger partial charge on any atom is -0.477 e. The predicted molar refractivity (Wildman–Crippen MR) is 79.0 cm³/mol. The molecule has 1 aromatic carbocycles. The van der Waals surface area contributed by atoms with E-state index in [1.165, 1.54) is 0 Å². The van der Waals surface area contributed by atoms with Gasteiger partial charge in [0.2, 0.25) is 5.88 Å². The molecule has 5 nitrogen and oxygen atoms in total. The average Bonchev–Trinajstić information content (AvgIpc) is 2.45. The monoisotopic (exact) mass is 268 g/mol. The molecule has 0 unspecified atom stereocenters. The Morgan fingerprint density at radius 1 is 1.25 bits per heavy atom. The molecule has 0 aliphatic heterocycles. The quantitative estimate of drug-likeness (QED) is 0.830. The average molecular weight is 268 g/mol. The Kier molecular flexibility index (Phi) is 4.06. The number of anilines is 2. The highest BCUT2D eigenvalue weighted by atomic mass is 16.5. The molecule has 4 N–H and O–H groups in total. The van der Waals surface area contributed by atoms with Crippen molar-refractivity contribution >= 4 is 11.4 Å². The first-order valence-corrected chi connectivity index (χ1v) is 6.35. The maximum absolute atomic E-state index is 9.13. The third-order valence-corrected chi connectivity index (χ3v) is 2.78. The Balaban J connectivity index is 2.47. The third-order valence-electron chi connectivity index (χ3n) is 2.78. The van der Waals surface area contributed by atoms with Gasteiger partial charge >= 0.3 is 0 Å². The summed E-state index contributed by atoms with van der Waals surface area (Å²) in [6.45, 7) is 2.48. The number of nitrogen functional groups attached to an aromatic ring is 2. The van der Waals surface area contributed by atoms with Gasteiger partial charge < -0.3 is 16.2 Å². The standard InChI is InChI=1S/C15H16N4O/c1-2-7-20-15-12(9-16)13(18)8-14(19-15)10-3-5-11(17)6-4-10/h3-6,8H,2,7,17H2,1H3,(H2,18,19). The van der Waals surface area contributed by atoms with Crippen molar-refractivity contribution in [1.29, 1.82) is 5.26 Å². The van der Waals surface area contributed by atoms with Gasteiger partial charge in [-0.1, -0.05) is 19.1 Å². The highest BCUT2D eigenvalue weighted by Crippen LogP contribution is 2.28. The van der Waals surface area contributed by atoms with Gasteiger partial charge in [0.1, 0.15) is 11.6 Å². The Bertz CT molecular complexity index is 644. The number of pyridine rings is 1. The van der Waals surface area contributed by atoms with Gasteiger partial charge in [0.05, 0.1) is 18.0 Å². The Morgan fingerprint density at radius 3 is 2.55 bits per heavy atom. The first-order valence-electron chi connectivity index (χ1n) is 6.35. The van der Waals surface area contributed by atoms with Crippen molar-refractivity contribution in [2.75, 3.05) is 18.1 Å². The topological polar surface area (TPSA) is 97.9 Å². The van der Waals surface area contributed by atoms with Crippen molar-refractivity contribution in [1.82, 2.24) is 4.98 Å². The zero-order valence-electron chi connectivity index (χ0n) is 11.3. The van der Waals surface area contributed by atoms with Gasteiger partial charge in [-0.25, -0.2) is 4.98 Å². The molecule has 0 spiro atoms. The van der Waals surface area contributed by atoms with Crippen molar-refractivity contribution < 1.29 is 4.74 Å². The number of hydrogen-bond acceptors (Lipinski definition) is 5. The Morgan fingerprint density at radius 2 is 1.95 bits per heavy atom. The van der Waals surface area contributed by atoms with Crippen LogP contribution in [0.4, 0.5) is 11.4 Å². The molecule has 0 atom stereocenters. The van der Waals surface area contributed by atoms with Crippen LogP contribution in [-0.4, -0.2) is 11.6 Å². The van der Waals surface area contributed by atoms with Crippen LogP contribution in [0.25, 0.3) is 11.3 Å². The number of benzene rings is 1. The molecule has 0 amide bonds. The van der Waals surface area contributed by atoms with Gasteiger partial charge in [0.25, 0.3) is 0 Å². The maximum Gasteiger partial charge on any atom is 0.234 e. The molecule has 2 aromatic rings. The fourth-order valence-electron chi connectivity index (χ4n) is 1.76. The number of aromatic nitrogens is 1. The van der Waals surface area contributed by atoms with E-state index >= 15 is 0 Å². The summed E-state index contributed by atoms with van der Waals surface area (Å²) in [5, 5.41) is 9.13. The number of nitrogens with two attached hydrogens (primary N) is 2. The third kappa shape index (κ3) is 2.81. The summed E-state index contributed by atoms with van der Waals surface area (Å²) < 4.78 is 5.51. The number of nitriles is 1. The fourth-order valence-corrected chi connectivity index (χ4v) is 1.76. The highest BCUT2D eigenvalue weighted by Gasteiger charge is 2.12. The molecule has 0 bridgehead atoms. The van der Waals surface area contributed by atoms with Crippen LogP contribution in [0.1, 0.15) is 18.9 Å². The second-order valence-electron chi connectivity index (χ2n) is 4.36. The smallest absolute Gasteiger partial charge is 0.234 e. The second kappa shape index (κ2) is 5.93. The SMILES string of the molecule is CCCOc1nc(-c2ccc(N)cc2)cc(N)c1C#N. The molecule has 0 saturated heterocycles. The lowest BCUT2D eigenvalue weighted by Gasteiger charge is -2.10. The van der Waals surface area contributed by atoms with Gasteiger partial charge in [-0.2, -0.15) is 5.26 Å². The van der Waals surface area contributed by atoms with Crippen LogP contribution in [0.15, 0.2) is 30.3 Å². The van der Waals surface area contributed by atoms with Crippen LogP contribution >= 0.6 is 0 Å². The van der Waals surface area contributed by atoms with Crippen LogP contribution in [0.2, 0.25) is 0 Å². The zero-order chi connectivity index (χ0) is 14.5. The number of rotatable bonds is 4. The van der Waals surface area contributed by atoms with E-state index in [-0.39, 0.29) is 11.4 Å². The molecule has 2 rings (SSSR count). The fraction of sp³-hybridized carbons (Fsp3) is 0.200. The summed E-state index contributed by atoms with van der Waals surface area (Å²) in [7, 11) is 0. The van der Waals surface area contributed by atoms with E-state index in [4.69, 9.17) is 21.5 Å². The minimum atomic E-state index is 0.276. The van der Waals surface area contributed by atoms with Gasteiger partial charge in [0.15, 0.2) is 0 Å². The van der Waals surface area contributed by atoms with Crippen LogP contribution < -0.4 is 16.2 Å². The van der Waals surface area contributed by atoms with E-state index in [1.807, 2.05) is 25.1 Å². The molecule has 0 aliphatic rings. The first kappa shape index (κ1) is 13.7. The van der Waals surface area contributed by atoms with E-state index in [2.05, 4.69) is 4.98 Å². The first-order chi connectivity index (χ1) is 9.65. The van der Waals surface area contributed by atoms with Crippen molar-refractivity contribution in [3.63, 3.8) is 0 Å². The molecule has 0 fully saturated rings. The molecule has 0 aliphatic carbocycles. The molecule has 1 heterocycles. The van der Waals surface area contributed by atoms with Crippen LogP contribution in [0.3, 0.4) is 0 Å². The zero-order valence-corrected chi connectivity index (χ0v) is 11.3. The summed E-state index contributed by atoms with van der Waals surface area (Å²) in [5.74, 6) is 0.279. The number of nitrogens with zero attached hydrogens (tertiary/aromatic N) is 2. The van der Waals surface area contributed by atoms with Crippen molar-refractivity contribution in [3.8, 4) is 23.2 Å². The lowest BCUT2D eigenvalue weighted by molar-refractivity contribution is 0.305. The molecular weight excluding hydrogens is 252 g/mol. The molecule has 5 heteroatoms. The largest absolute Gasteiger partial charge is 0.477 e. The van der Waals surface area contributed by atoms with E-state index in [1.54, 1.807) is 18.2 Å². The van der Waals surface area contributed by atoms with E-state index in [0.717, 1.165) is 12.0 Å². The van der Waals surface area contributed by atoms with Gasteiger partial charge in [-0.15, -0.1) is 0 Å². The van der Waals surface area contributed by atoms with E-state index < -0.39 is 0 Å². The summed E-state index contributed by atoms with van der Waals surface area (Å²) in [5.41, 5.74) is 14.4. The maximum atomic E-state index is 9.13.